The molecule has 0 aromatic carbocycles. The Morgan fingerprint density at radius 1 is 1.29 bits per heavy atom. The molecule has 0 fully saturated rings. The Morgan fingerprint density at radius 2 is 2.18 bits per heavy atom. The van der Waals surface area contributed by atoms with Crippen LogP contribution in [0.2, 0.25) is 5.15 Å². The summed E-state index contributed by atoms with van der Waals surface area (Å²) in [7, 11) is 0. The number of fused-ring (bicyclic) bond motifs is 1. The summed E-state index contributed by atoms with van der Waals surface area (Å²) >= 11 is 5.87. The lowest BCUT2D eigenvalue weighted by atomic mass is 10.3. The van der Waals surface area contributed by atoms with Crippen molar-refractivity contribution in [1.82, 2.24) is 19.5 Å². The summed E-state index contributed by atoms with van der Waals surface area (Å²) in [5.41, 5.74) is 5.59. The Hall–Kier alpha value is -1.82. The monoisotopic (exact) mass is 250 g/mol. The molecule has 6 nitrogen and oxygen atoms in total. The average Bonchev–Trinajstić information content (AvgIpc) is 2.74. The van der Waals surface area contributed by atoms with E-state index in [2.05, 4.69) is 24.4 Å². The minimum absolute atomic E-state index is 0.196. The van der Waals surface area contributed by atoms with Gasteiger partial charge in [-0.2, -0.15) is 4.98 Å². The van der Waals surface area contributed by atoms with E-state index in [4.69, 9.17) is 17.3 Å². The molecule has 0 spiro atoms. The first-order valence-corrected chi connectivity index (χ1v) is 5.65. The summed E-state index contributed by atoms with van der Waals surface area (Å²) in [6.45, 7) is 2.45. The number of hydrogen-bond donors (Lipinski definition) is 1. The van der Waals surface area contributed by atoms with Gasteiger partial charge in [0.1, 0.15) is 16.8 Å². The molecule has 0 radical (unpaired) electrons. The lowest BCUT2D eigenvalue weighted by molar-refractivity contribution is 0.556. The van der Waals surface area contributed by atoms with Gasteiger partial charge >= 0.3 is 0 Å². The van der Waals surface area contributed by atoms with E-state index in [1.54, 1.807) is 12.3 Å². The SMILES string of the molecule is Nc1nc(Cl)cc(N2CCn3ccnc3C2)n1. The van der Waals surface area contributed by atoms with Crippen LogP contribution < -0.4 is 10.6 Å². The molecule has 2 aromatic rings. The minimum Gasteiger partial charge on any atom is -0.368 e. The Balaban J connectivity index is 1.91. The number of anilines is 2. The number of rotatable bonds is 1. The summed E-state index contributed by atoms with van der Waals surface area (Å²) in [5.74, 6) is 1.96. The van der Waals surface area contributed by atoms with Crippen LogP contribution in [-0.2, 0) is 13.1 Å². The van der Waals surface area contributed by atoms with Crippen molar-refractivity contribution in [2.24, 2.45) is 0 Å². The van der Waals surface area contributed by atoms with Gasteiger partial charge in [0.2, 0.25) is 5.95 Å². The van der Waals surface area contributed by atoms with Gasteiger partial charge in [0.05, 0.1) is 6.54 Å². The highest BCUT2D eigenvalue weighted by Gasteiger charge is 2.18. The molecule has 2 N–H and O–H groups in total. The van der Waals surface area contributed by atoms with Crippen molar-refractivity contribution in [3.63, 3.8) is 0 Å². The van der Waals surface area contributed by atoms with Crippen molar-refractivity contribution in [3.05, 3.63) is 29.4 Å². The lowest BCUT2D eigenvalue weighted by Crippen LogP contribution is -2.34. The van der Waals surface area contributed by atoms with Gasteiger partial charge in [-0.15, -0.1) is 0 Å². The third-order valence-electron chi connectivity index (χ3n) is 2.77. The molecule has 88 valence electrons. The van der Waals surface area contributed by atoms with E-state index >= 15 is 0 Å². The summed E-state index contributed by atoms with van der Waals surface area (Å²) in [6.07, 6.45) is 3.79. The second-order valence-electron chi connectivity index (χ2n) is 3.87. The maximum Gasteiger partial charge on any atom is 0.223 e. The Morgan fingerprint density at radius 3 is 3.00 bits per heavy atom. The number of imidazole rings is 1. The summed E-state index contributed by atoms with van der Waals surface area (Å²) in [4.78, 5) is 14.4. The van der Waals surface area contributed by atoms with Crippen molar-refractivity contribution in [2.75, 3.05) is 17.2 Å². The number of halogens is 1. The fourth-order valence-electron chi connectivity index (χ4n) is 1.95. The molecule has 0 unspecified atom stereocenters. The van der Waals surface area contributed by atoms with Crippen LogP contribution in [0.3, 0.4) is 0 Å². The minimum atomic E-state index is 0.196. The second-order valence-corrected chi connectivity index (χ2v) is 4.25. The molecule has 17 heavy (non-hydrogen) atoms. The Labute approximate surface area is 103 Å². The highest BCUT2D eigenvalue weighted by atomic mass is 35.5. The topological polar surface area (TPSA) is 72.9 Å². The molecule has 3 rings (SSSR count). The van der Waals surface area contributed by atoms with Crippen LogP contribution in [0.15, 0.2) is 18.5 Å². The van der Waals surface area contributed by atoms with Gasteiger partial charge in [0, 0.05) is 31.5 Å². The van der Waals surface area contributed by atoms with Gasteiger partial charge in [0.25, 0.3) is 0 Å². The van der Waals surface area contributed by atoms with E-state index in [0.717, 1.165) is 24.7 Å². The fourth-order valence-corrected chi connectivity index (χ4v) is 2.14. The molecule has 0 aliphatic carbocycles. The van der Waals surface area contributed by atoms with Crippen molar-refractivity contribution < 1.29 is 0 Å². The molecule has 0 saturated heterocycles. The first-order chi connectivity index (χ1) is 8.22. The quantitative estimate of drug-likeness (QED) is 0.763. The molecule has 7 heteroatoms. The number of nitrogens with zero attached hydrogens (tertiary/aromatic N) is 5. The van der Waals surface area contributed by atoms with E-state index < -0.39 is 0 Å². The average molecular weight is 251 g/mol. The molecule has 0 amide bonds. The van der Waals surface area contributed by atoms with Crippen LogP contribution in [-0.4, -0.2) is 26.1 Å². The van der Waals surface area contributed by atoms with Crippen LogP contribution >= 0.6 is 11.6 Å². The second kappa shape index (κ2) is 3.89. The third-order valence-corrected chi connectivity index (χ3v) is 2.96. The molecule has 2 aromatic heterocycles. The highest BCUT2D eigenvalue weighted by molar-refractivity contribution is 6.29. The van der Waals surface area contributed by atoms with Gasteiger partial charge in [-0.25, -0.2) is 9.97 Å². The summed E-state index contributed by atoms with van der Waals surface area (Å²) < 4.78 is 2.13. The predicted molar refractivity (Wildman–Crippen MR) is 64.7 cm³/mol. The van der Waals surface area contributed by atoms with Crippen molar-refractivity contribution in [2.45, 2.75) is 13.1 Å². The molecule has 1 aliphatic heterocycles. The maximum absolute atomic E-state index is 5.87. The standard InChI is InChI=1S/C10H11ClN6/c11-7-5-8(15-10(12)14-7)17-4-3-16-2-1-13-9(16)6-17/h1-2,5H,3-4,6H2,(H2,12,14,15). The van der Waals surface area contributed by atoms with Crippen LogP contribution in [0, 0.1) is 0 Å². The molecular weight excluding hydrogens is 240 g/mol. The zero-order valence-electron chi connectivity index (χ0n) is 9.04. The van der Waals surface area contributed by atoms with Crippen LogP contribution in [0.4, 0.5) is 11.8 Å². The van der Waals surface area contributed by atoms with E-state index in [9.17, 15) is 0 Å². The third kappa shape index (κ3) is 1.91. The van der Waals surface area contributed by atoms with Gasteiger partial charge in [-0.1, -0.05) is 11.6 Å². The number of hydrogen-bond acceptors (Lipinski definition) is 5. The number of nitrogen functional groups attached to an aromatic ring is 1. The maximum atomic E-state index is 5.87. The van der Waals surface area contributed by atoms with E-state index in [1.807, 2.05) is 6.20 Å². The van der Waals surface area contributed by atoms with Crippen LogP contribution in [0.5, 0.6) is 0 Å². The zero-order valence-corrected chi connectivity index (χ0v) is 9.80. The Kier molecular flexibility index (Phi) is 2.36. The Bertz CT molecular complexity index is 531. The number of nitrogens with two attached hydrogens (primary N) is 1. The first-order valence-electron chi connectivity index (χ1n) is 5.27. The van der Waals surface area contributed by atoms with Gasteiger partial charge < -0.3 is 15.2 Å². The van der Waals surface area contributed by atoms with Gasteiger partial charge in [-0.05, 0) is 0 Å². The predicted octanol–water partition coefficient (Wildman–Crippen LogP) is 0.929. The lowest BCUT2D eigenvalue weighted by Gasteiger charge is -2.28. The fraction of sp³-hybridized carbons (Fsp3) is 0.300. The van der Waals surface area contributed by atoms with Gasteiger partial charge in [0.15, 0.2) is 0 Å². The first kappa shape index (κ1) is 10.3. The molecule has 0 atom stereocenters. The molecular formula is C10H11ClN6. The van der Waals surface area contributed by atoms with Crippen molar-refractivity contribution in [1.29, 1.82) is 0 Å². The van der Waals surface area contributed by atoms with E-state index in [1.165, 1.54) is 0 Å². The van der Waals surface area contributed by atoms with Crippen molar-refractivity contribution in [3.8, 4) is 0 Å². The normalized spacial score (nSPS) is 14.8. The largest absolute Gasteiger partial charge is 0.368 e. The molecule has 3 heterocycles. The zero-order chi connectivity index (χ0) is 11.8. The molecule has 0 saturated carbocycles. The smallest absolute Gasteiger partial charge is 0.223 e. The van der Waals surface area contributed by atoms with E-state index in [-0.39, 0.29) is 5.95 Å². The van der Waals surface area contributed by atoms with Crippen LogP contribution in [0.1, 0.15) is 5.82 Å². The van der Waals surface area contributed by atoms with Crippen LogP contribution in [0.25, 0.3) is 0 Å². The van der Waals surface area contributed by atoms with E-state index in [0.29, 0.717) is 11.7 Å². The summed E-state index contributed by atoms with van der Waals surface area (Å²) in [6, 6.07) is 1.72. The summed E-state index contributed by atoms with van der Waals surface area (Å²) in [5, 5.41) is 0.362. The van der Waals surface area contributed by atoms with Crippen molar-refractivity contribution >= 4 is 23.4 Å². The molecule has 0 bridgehead atoms. The molecule has 1 aliphatic rings. The van der Waals surface area contributed by atoms with Gasteiger partial charge in [-0.3, -0.25) is 0 Å². The highest BCUT2D eigenvalue weighted by Crippen LogP contribution is 2.21. The number of aromatic nitrogens is 4.